The lowest BCUT2D eigenvalue weighted by molar-refractivity contribution is -0.144. The van der Waals surface area contributed by atoms with E-state index in [-0.39, 0.29) is 12.3 Å². The minimum absolute atomic E-state index is 0.254. The molecule has 5 nitrogen and oxygen atoms in total. The van der Waals surface area contributed by atoms with E-state index in [0.717, 1.165) is 19.4 Å². The Hall–Kier alpha value is -1.10. The summed E-state index contributed by atoms with van der Waals surface area (Å²) >= 11 is 0. The van der Waals surface area contributed by atoms with Gasteiger partial charge in [-0.15, -0.1) is 0 Å². The molecule has 0 radical (unpaired) electrons. The highest BCUT2D eigenvalue weighted by molar-refractivity contribution is 5.93. The van der Waals surface area contributed by atoms with Gasteiger partial charge in [-0.3, -0.25) is 9.59 Å². The maximum Gasteiger partial charge on any atom is 0.312 e. The van der Waals surface area contributed by atoms with Crippen LogP contribution in [0.3, 0.4) is 0 Å². The second-order valence-electron chi connectivity index (χ2n) is 4.66. The van der Waals surface area contributed by atoms with E-state index in [2.05, 4.69) is 4.90 Å². The number of hydrogen-bond donors (Lipinski definition) is 1. The molecule has 0 spiro atoms. The van der Waals surface area contributed by atoms with Gasteiger partial charge in [-0.2, -0.15) is 0 Å². The summed E-state index contributed by atoms with van der Waals surface area (Å²) in [4.78, 5) is 25.7. The van der Waals surface area contributed by atoms with Gasteiger partial charge < -0.3 is 14.9 Å². The molecule has 0 aromatic carbocycles. The van der Waals surface area contributed by atoms with Crippen molar-refractivity contribution in [3.05, 3.63) is 0 Å². The Morgan fingerprint density at radius 3 is 2.31 bits per heavy atom. The van der Waals surface area contributed by atoms with Crippen LogP contribution in [-0.2, 0) is 9.59 Å². The van der Waals surface area contributed by atoms with Crippen LogP contribution in [0.1, 0.15) is 19.3 Å². The van der Waals surface area contributed by atoms with Crippen LogP contribution in [0.5, 0.6) is 0 Å². The average Bonchev–Trinajstić information content (AvgIpc) is 2.16. The predicted octanol–water partition coefficient (Wildman–Crippen LogP) is 0.261. The van der Waals surface area contributed by atoms with Gasteiger partial charge in [0.05, 0.1) is 0 Å². The Balaban J connectivity index is 2.31. The van der Waals surface area contributed by atoms with Crippen molar-refractivity contribution < 1.29 is 14.7 Å². The zero-order chi connectivity index (χ0) is 12.1. The van der Waals surface area contributed by atoms with E-state index in [9.17, 15) is 9.59 Å². The SMILES string of the molecule is CN(C)CC1CCN(C(=O)CC(=O)O)CC1. The molecule has 1 aliphatic rings. The van der Waals surface area contributed by atoms with Crippen LogP contribution in [-0.4, -0.2) is 60.5 Å². The molecular formula is C11H20N2O3. The lowest BCUT2D eigenvalue weighted by Gasteiger charge is -2.33. The number of carbonyl (C=O) groups excluding carboxylic acids is 1. The van der Waals surface area contributed by atoms with Crippen molar-refractivity contribution in [2.24, 2.45) is 5.92 Å². The van der Waals surface area contributed by atoms with Crippen LogP contribution < -0.4 is 0 Å². The van der Waals surface area contributed by atoms with Crippen LogP contribution in [0.2, 0.25) is 0 Å². The maximum absolute atomic E-state index is 11.5. The molecule has 0 aromatic heterocycles. The molecule has 0 aromatic rings. The van der Waals surface area contributed by atoms with Crippen molar-refractivity contribution >= 4 is 11.9 Å². The molecular weight excluding hydrogens is 208 g/mol. The van der Waals surface area contributed by atoms with Crippen LogP contribution >= 0.6 is 0 Å². The molecule has 0 saturated carbocycles. The minimum Gasteiger partial charge on any atom is -0.481 e. The average molecular weight is 228 g/mol. The molecule has 1 rings (SSSR count). The molecule has 1 N–H and O–H groups in total. The highest BCUT2D eigenvalue weighted by Gasteiger charge is 2.23. The van der Waals surface area contributed by atoms with Crippen molar-refractivity contribution in [3.8, 4) is 0 Å². The molecule has 1 fully saturated rings. The van der Waals surface area contributed by atoms with E-state index in [1.165, 1.54) is 0 Å². The Labute approximate surface area is 96.0 Å². The van der Waals surface area contributed by atoms with Gasteiger partial charge >= 0.3 is 5.97 Å². The van der Waals surface area contributed by atoms with E-state index in [1.807, 2.05) is 14.1 Å². The Kier molecular flexibility index (Phi) is 4.73. The number of hydrogen-bond acceptors (Lipinski definition) is 3. The fourth-order valence-electron chi connectivity index (χ4n) is 2.12. The van der Waals surface area contributed by atoms with Crippen LogP contribution in [0, 0.1) is 5.92 Å². The first kappa shape index (κ1) is 13.0. The number of nitrogens with zero attached hydrogens (tertiary/aromatic N) is 2. The maximum atomic E-state index is 11.5. The van der Waals surface area contributed by atoms with Gasteiger partial charge in [-0.05, 0) is 32.9 Å². The Morgan fingerprint density at radius 1 is 1.31 bits per heavy atom. The second-order valence-corrected chi connectivity index (χ2v) is 4.66. The fraction of sp³-hybridized carbons (Fsp3) is 0.818. The first-order valence-electron chi connectivity index (χ1n) is 5.63. The number of carboxylic acid groups (broad SMARTS) is 1. The van der Waals surface area contributed by atoms with E-state index in [4.69, 9.17) is 5.11 Å². The number of aliphatic carboxylic acids is 1. The lowest BCUT2D eigenvalue weighted by Crippen LogP contribution is -2.41. The third-order valence-electron chi connectivity index (χ3n) is 2.89. The van der Waals surface area contributed by atoms with E-state index in [1.54, 1.807) is 4.90 Å². The van der Waals surface area contributed by atoms with E-state index < -0.39 is 5.97 Å². The topological polar surface area (TPSA) is 60.9 Å². The molecule has 0 atom stereocenters. The smallest absolute Gasteiger partial charge is 0.312 e. The summed E-state index contributed by atoms with van der Waals surface area (Å²) in [6.07, 6.45) is 1.57. The predicted molar refractivity (Wildman–Crippen MR) is 60.1 cm³/mol. The molecule has 0 aliphatic carbocycles. The van der Waals surface area contributed by atoms with Gasteiger partial charge in [0.15, 0.2) is 0 Å². The highest BCUT2D eigenvalue weighted by atomic mass is 16.4. The monoisotopic (exact) mass is 228 g/mol. The van der Waals surface area contributed by atoms with Crippen molar-refractivity contribution in [1.82, 2.24) is 9.80 Å². The molecule has 1 amide bonds. The van der Waals surface area contributed by atoms with Crippen LogP contribution in [0.4, 0.5) is 0 Å². The van der Waals surface area contributed by atoms with E-state index in [0.29, 0.717) is 19.0 Å². The van der Waals surface area contributed by atoms with Gasteiger partial charge in [0.25, 0.3) is 0 Å². The van der Waals surface area contributed by atoms with Gasteiger partial charge in [0, 0.05) is 19.6 Å². The first-order valence-corrected chi connectivity index (χ1v) is 5.63. The summed E-state index contributed by atoms with van der Waals surface area (Å²) in [5.41, 5.74) is 0. The number of likely N-dealkylation sites (tertiary alicyclic amines) is 1. The molecule has 1 aliphatic heterocycles. The fourth-order valence-corrected chi connectivity index (χ4v) is 2.12. The van der Waals surface area contributed by atoms with Gasteiger partial charge in [0.2, 0.25) is 5.91 Å². The van der Waals surface area contributed by atoms with Crippen molar-refractivity contribution in [3.63, 3.8) is 0 Å². The third-order valence-corrected chi connectivity index (χ3v) is 2.89. The summed E-state index contributed by atoms with van der Waals surface area (Å²) in [5.74, 6) is -0.667. The molecule has 16 heavy (non-hydrogen) atoms. The van der Waals surface area contributed by atoms with Gasteiger partial charge in [0.1, 0.15) is 6.42 Å². The molecule has 1 heterocycles. The number of amides is 1. The van der Waals surface area contributed by atoms with Gasteiger partial charge in [-0.25, -0.2) is 0 Å². The Morgan fingerprint density at radius 2 is 1.88 bits per heavy atom. The van der Waals surface area contributed by atoms with Crippen LogP contribution in [0.15, 0.2) is 0 Å². The summed E-state index contributed by atoms with van der Waals surface area (Å²) < 4.78 is 0. The largest absolute Gasteiger partial charge is 0.481 e. The van der Waals surface area contributed by atoms with Crippen molar-refractivity contribution in [2.45, 2.75) is 19.3 Å². The normalized spacial score (nSPS) is 17.8. The molecule has 92 valence electrons. The lowest BCUT2D eigenvalue weighted by atomic mass is 9.96. The summed E-state index contributed by atoms with van der Waals surface area (Å²) in [5, 5.41) is 8.53. The summed E-state index contributed by atoms with van der Waals surface area (Å²) in [7, 11) is 4.09. The van der Waals surface area contributed by atoms with E-state index >= 15 is 0 Å². The van der Waals surface area contributed by atoms with Crippen LogP contribution in [0.25, 0.3) is 0 Å². The number of carboxylic acids is 1. The molecule has 0 bridgehead atoms. The quantitative estimate of drug-likeness (QED) is 0.701. The first-order chi connectivity index (χ1) is 7.49. The zero-order valence-electron chi connectivity index (χ0n) is 9.98. The molecule has 5 heteroatoms. The Bertz CT molecular complexity index is 258. The highest BCUT2D eigenvalue weighted by Crippen LogP contribution is 2.18. The zero-order valence-corrected chi connectivity index (χ0v) is 9.98. The third kappa shape index (κ3) is 4.18. The van der Waals surface area contributed by atoms with Crippen molar-refractivity contribution in [2.75, 3.05) is 33.7 Å². The summed E-state index contributed by atoms with van der Waals surface area (Å²) in [6.45, 7) is 2.44. The van der Waals surface area contributed by atoms with Crippen molar-refractivity contribution in [1.29, 1.82) is 0 Å². The standard InChI is InChI=1S/C11H20N2O3/c1-12(2)8-9-3-5-13(6-4-9)10(14)7-11(15)16/h9H,3-8H2,1-2H3,(H,15,16). The van der Waals surface area contributed by atoms with Gasteiger partial charge in [-0.1, -0.05) is 0 Å². The second kappa shape index (κ2) is 5.84. The number of piperidine rings is 1. The minimum atomic E-state index is -1.04. The molecule has 0 unspecified atom stereocenters. The molecule has 1 saturated heterocycles. The summed E-state index contributed by atoms with van der Waals surface area (Å²) in [6, 6.07) is 0. The number of rotatable bonds is 4. The number of carbonyl (C=O) groups is 2.